The number of likely N-dealkylation sites (tertiary alicyclic amines) is 1. The van der Waals surface area contributed by atoms with E-state index in [9.17, 15) is 0 Å². The number of nitrogens with one attached hydrogen (secondary N) is 1. The van der Waals surface area contributed by atoms with Gasteiger partial charge in [-0.25, -0.2) is 0 Å². The van der Waals surface area contributed by atoms with Gasteiger partial charge >= 0.3 is 0 Å². The number of hydrogen-bond donors (Lipinski definition) is 1. The van der Waals surface area contributed by atoms with Gasteiger partial charge in [0.2, 0.25) is 0 Å². The van der Waals surface area contributed by atoms with Crippen molar-refractivity contribution in [1.82, 2.24) is 25.0 Å². The second-order valence-corrected chi connectivity index (χ2v) is 5.49. The molecule has 1 atom stereocenters. The fraction of sp³-hybridized carbons (Fsp3) is 0.846. The van der Waals surface area contributed by atoms with Crippen LogP contribution in [0.4, 0.5) is 0 Å². The highest BCUT2D eigenvalue weighted by Crippen LogP contribution is 2.17. The fourth-order valence-electron chi connectivity index (χ4n) is 2.49. The molecule has 5 heteroatoms. The van der Waals surface area contributed by atoms with Crippen molar-refractivity contribution in [3.05, 3.63) is 12.2 Å². The second-order valence-electron chi connectivity index (χ2n) is 5.49. The summed E-state index contributed by atoms with van der Waals surface area (Å²) in [6.45, 7) is 11.9. The highest BCUT2D eigenvalue weighted by atomic mass is 15.3. The van der Waals surface area contributed by atoms with Crippen LogP contribution in [0.25, 0.3) is 0 Å². The number of hydrogen-bond acceptors (Lipinski definition) is 4. The van der Waals surface area contributed by atoms with Crippen LogP contribution in [0.1, 0.15) is 33.0 Å². The Morgan fingerprint density at radius 2 is 2.33 bits per heavy atom. The first-order chi connectivity index (χ1) is 8.69. The Hall–Kier alpha value is -0.940. The summed E-state index contributed by atoms with van der Waals surface area (Å²) in [5.74, 6) is 1.88. The summed E-state index contributed by atoms with van der Waals surface area (Å²) in [5, 5.41) is 11.7. The molecule has 1 unspecified atom stereocenters. The van der Waals surface area contributed by atoms with Crippen LogP contribution in [0.3, 0.4) is 0 Å². The van der Waals surface area contributed by atoms with E-state index in [1.807, 2.05) is 6.33 Å². The average Bonchev–Trinajstić information content (AvgIpc) is 2.96. The first kappa shape index (κ1) is 13.5. The molecule has 1 aromatic rings. The fourth-order valence-corrected chi connectivity index (χ4v) is 2.49. The largest absolute Gasteiger partial charge is 0.317 e. The van der Waals surface area contributed by atoms with Crippen molar-refractivity contribution in [2.75, 3.05) is 19.6 Å². The van der Waals surface area contributed by atoms with Crippen molar-refractivity contribution in [2.45, 2.75) is 46.3 Å². The Bertz CT molecular complexity index is 360. The summed E-state index contributed by atoms with van der Waals surface area (Å²) in [5.41, 5.74) is 0. The van der Waals surface area contributed by atoms with Crippen LogP contribution >= 0.6 is 0 Å². The van der Waals surface area contributed by atoms with Gasteiger partial charge in [-0.15, -0.1) is 10.2 Å². The lowest BCUT2D eigenvalue weighted by molar-refractivity contribution is 0.300. The Kier molecular flexibility index (Phi) is 4.72. The molecule has 0 aromatic carbocycles. The van der Waals surface area contributed by atoms with E-state index in [2.05, 4.69) is 45.8 Å². The second kappa shape index (κ2) is 6.29. The highest BCUT2D eigenvalue weighted by molar-refractivity contribution is 4.88. The van der Waals surface area contributed by atoms with Crippen molar-refractivity contribution in [2.24, 2.45) is 5.92 Å². The van der Waals surface area contributed by atoms with Gasteiger partial charge in [0.25, 0.3) is 0 Å². The summed E-state index contributed by atoms with van der Waals surface area (Å²) in [6.07, 6.45) is 3.11. The summed E-state index contributed by atoms with van der Waals surface area (Å²) in [4.78, 5) is 2.49. The SMILES string of the molecule is CCn1cnnc1CN1CCC(CNC(C)C)C1. The van der Waals surface area contributed by atoms with Crippen LogP contribution in [-0.4, -0.2) is 45.3 Å². The lowest BCUT2D eigenvalue weighted by Gasteiger charge is -2.17. The lowest BCUT2D eigenvalue weighted by atomic mass is 10.1. The van der Waals surface area contributed by atoms with Gasteiger partial charge in [0.1, 0.15) is 12.2 Å². The van der Waals surface area contributed by atoms with E-state index in [-0.39, 0.29) is 0 Å². The minimum absolute atomic E-state index is 0.585. The molecule has 1 aliphatic heterocycles. The molecular formula is C13H25N5. The van der Waals surface area contributed by atoms with Crippen LogP contribution in [-0.2, 0) is 13.1 Å². The standard InChI is InChI=1S/C13H25N5/c1-4-18-10-15-16-13(18)9-17-6-5-12(8-17)7-14-11(2)3/h10-12,14H,4-9H2,1-3H3. The van der Waals surface area contributed by atoms with Gasteiger partial charge in [0.15, 0.2) is 0 Å². The van der Waals surface area contributed by atoms with E-state index in [4.69, 9.17) is 0 Å². The number of nitrogens with zero attached hydrogens (tertiary/aromatic N) is 4. The quantitative estimate of drug-likeness (QED) is 0.823. The van der Waals surface area contributed by atoms with Gasteiger partial charge in [-0.1, -0.05) is 13.8 Å². The zero-order chi connectivity index (χ0) is 13.0. The molecule has 0 bridgehead atoms. The Morgan fingerprint density at radius 1 is 1.50 bits per heavy atom. The Morgan fingerprint density at radius 3 is 3.06 bits per heavy atom. The smallest absolute Gasteiger partial charge is 0.146 e. The number of rotatable bonds is 6. The summed E-state index contributed by atoms with van der Waals surface area (Å²) >= 11 is 0. The van der Waals surface area contributed by atoms with Gasteiger partial charge in [-0.3, -0.25) is 4.90 Å². The molecule has 1 N–H and O–H groups in total. The maximum absolute atomic E-state index is 4.21. The van der Waals surface area contributed by atoms with Crippen molar-refractivity contribution in [3.63, 3.8) is 0 Å². The molecule has 18 heavy (non-hydrogen) atoms. The predicted molar refractivity (Wildman–Crippen MR) is 72.2 cm³/mol. The summed E-state index contributed by atoms with van der Waals surface area (Å²) in [6, 6.07) is 0.585. The molecule has 0 amide bonds. The predicted octanol–water partition coefficient (Wildman–Crippen LogP) is 1.12. The zero-order valence-electron chi connectivity index (χ0n) is 11.8. The Balaban J connectivity index is 1.79. The molecule has 2 rings (SSSR count). The lowest BCUT2D eigenvalue weighted by Crippen LogP contribution is -2.30. The van der Waals surface area contributed by atoms with E-state index in [1.165, 1.54) is 19.5 Å². The number of aromatic nitrogens is 3. The van der Waals surface area contributed by atoms with Gasteiger partial charge in [0.05, 0.1) is 6.54 Å². The van der Waals surface area contributed by atoms with E-state index >= 15 is 0 Å². The average molecular weight is 251 g/mol. The molecule has 1 saturated heterocycles. The summed E-state index contributed by atoms with van der Waals surface area (Å²) in [7, 11) is 0. The molecule has 0 radical (unpaired) electrons. The maximum Gasteiger partial charge on any atom is 0.146 e. The first-order valence-electron chi connectivity index (χ1n) is 7.01. The minimum atomic E-state index is 0.585. The molecule has 1 fully saturated rings. The van der Waals surface area contributed by atoms with Crippen LogP contribution in [0, 0.1) is 5.92 Å². The minimum Gasteiger partial charge on any atom is -0.317 e. The maximum atomic E-state index is 4.21. The van der Waals surface area contributed by atoms with E-state index in [0.29, 0.717) is 6.04 Å². The van der Waals surface area contributed by atoms with Crippen LogP contribution in [0.5, 0.6) is 0 Å². The molecule has 5 nitrogen and oxygen atoms in total. The van der Waals surface area contributed by atoms with E-state index < -0.39 is 0 Å². The molecule has 2 heterocycles. The molecule has 0 saturated carbocycles. The van der Waals surface area contributed by atoms with Gasteiger partial charge < -0.3 is 9.88 Å². The van der Waals surface area contributed by atoms with Gasteiger partial charge in [0, 0.05) is 19.1 Å². The normalized spacial score (nSPS) is 21.0. The van der Waals surface area contributed by atoms with Crippen LogP contribution in [0.2, 0.25) is 0 Å². The van der Waals surface area contributed by atoms with E-state index in [1.54, 1.807) is 0 Å². The third-order valence-corrected chi connectivity index (χ3v) is 3.59. The number of aryl methyl sites for hydroxylation is 1. The highest BCUT2D eigenvalue weighted by Gasteiger charge is 2.23. The topological polar surface area (TPSA) is 46.0 Å². The van der Waals surface area contributed by atoms with Crippen LogP contribution in [0.15, 0.2) is 6.33 Å². The monoisotopic (exact) mass is 251 g/mol. The Labute approximate surface area is 110 Å². The molecule has 1 aliphatic rings. The third-order valence-electron chi connectivity index (χ3n) is 3.59. The molecule has 102 valence electrons. The van der Waals surface area contributed by atoms with Gasteiger partial charge in [-0.2, -0.15) is 0 Å². The van der Waals surface area contributed by atoms with Crippen molar-refractivity contribution >= 4 is 0 Å². The van der Waals surface area contributed by atoms with Crippen molar-refractivity contribution in [1.29, 1.82) is 0 Å². The molecule has 0 aliphatic carbocycles. The molecule has 0 spiro atoms. The molecular weight excluding hydrogens is 226 g/mol. The van der Waals surface area contributed by atoms with Crippen LogP contribution < -0.4 is 5.32 Å². The summed E-state index contributed by atoms with van der Waals surface area (Å²) < 4.78 is 2.12. The van der Waals surface area contributed by atoms with Crippen molar-refractivity contribution < 1.29 is 0 Å². The zero-order valence-corrected chi connectivity index (χ0v) is 11.8. The van der Waals surface area contributed by atoms with Gasteiger partial charge in [-0.05, 0) is 32.4 Å². The first-order valence-corrected chi connectivity index (χ1v) is 7.01. The van der Waals surface area contributed by atoms with Crippen molar-refractivity contribution in [3.8, 4) is 0 Å². The van der Waals surface area contributed by atoms with E-state index in [0.717, 1.165) is 31.4 Å². The molecule has 1 aromatic heterocycles. The third kappa shape index (κ3) is 3.53.